The zero-order valence-corrected chi connectivity index (χ0v) is 36.5. The number of nitrogens with zero attached hydrogens (tertiary/aromatic N) is 3. The van der Waals surface area contributed by atoms with Crippen LogP contribution in [-0.4, -0.2) is 99.0 Å². The first-order valence-electron chi connectivity index (χ1n) is 21.7. The lowest BCUT2D eigenvalue weighted by molar-refractivity contribution is -0.145. The van der Waals surface area contributed by atoms with Crippen LogP contribution in [0.15, 0.2) is 41.8 Å². The van der Waals surface area contributed by atoms with Crippen LogP contribution in [0.2, 0.25) is 0 Å². The molecule has 328 valence electrons. The monoisotopic (exact) mass is 857 g/mol. The Labute approximate surface area is 360 Å². The molecule has 2 saturated carbocycles. The lowest BCUT2D eigenvalue weighted by Gasteiger charge is -2.30. The molecule has 1 aromatic carbocycles. The summed E-state index contributed by atoms with van der Waals surface area (Å²) in [5.74, 6) is -1.28. The van der Waals surface area contributed by atoms with E-state index in [0.717, 1.165) is 37.2 Å². The number of carbonyl (C=O) groups excluding carboxylic acids is 4. The van der Waals surface area contributed by atoms with E-state index in [1.807, 2.05) is 63.4 Å². The van der Waals surface area contributed by atoms with Crippen molar-refractivity contribution in [2.45, 2.75) is 134 Å². The number of carbonyl (C=O) groups is 5. The van der Waals surface area contributed by atoms with Gasteiger partial charge in [0, 0.05) is 59.7 Å². The van der Waals surface area contributed by atoms with E-state index in [-0.39, 0.29) is 55.0 Å². The van der Waals surface area contributed by atoms with Crippen LogP contribution in [0.1, 0.15) is 98.3 Å². The average molecular weight is 858 g/mol. The highest BCUT2D eigenvalue weighted by Gasteiger charge is 2.61. The number of carboxylic acids is 1. The van der Waals surface area contributed by atoms with Crippen molar-refractivity contribution in [3.63, 3.8) is 0 Å². The molecule has 5 N–H and O–H groups in total. The third-order valence-electron chi connectivity index (χ3n) is 12.5. The number of aliphatic carboxylic acids is 1. The Bertz CT molecular complexity index is 2160. The second-order valence-corrected chi connectivity index (χ2v) is 18.5. The van der Waals surface area contributed by atoms with Gasteiger partial charge in [0.1, 0.15) is 46.7 Å². The van der Waals surface area contributed by atoms with E-state index in [4.69, 9.17) is 19.4 Å². The molecule has 2 aliphatic carbocycles. The summed E-state index contributed by atoms with van der Waals surface area (Å²) in [6.07, 6.45) is 9.55. The minimum atomic E-state index is -1.47. The van der Waals surface area contributed by atoms with Gasteiger partial charge in [0.05, 0.1) is 24.9 Å². The Morgan fingerprint density at radius 1 is 1.05 bits per heavy atom. The molecule has 15 nitrogen and oxygen atoms in total. The number of hydrogen-bond donors (Lipinski definition) is 5. The van der Waals surface area contributed by atoms with Crippen molar-refractivity contribution in [2.24, 2.45) is 17.8 Å². The number of nitrogens with one attached hydrogen (secondary N) is 4. The zero-order chi connectivity index (χ0) is 43.4. The molecule has 61 heavy (non-hydrogen) atoms. The van der Waals surface area contributed by atoms with Crippen molar-refractivity contribution >= 4 is 57.0 Å². The SMILES string of the molecule is COc1ccc2c(O[C@@H]3C[C@H]4C(=O)N[C@]5(C(=O)O)CC5/C=C\CCCCC[C@H](NC(=O)N[C@H](CC5CCCC5=O)C(C)C)C(=O)N4C3)cc(-c3csc(NC(C)C)n3)nc2c1. The predicted octanol–water partition coefficient (Wildman–Crippen LogP) is 6.47. The van der Waals surface area contributed by atoms with Gasteiger partial charge in [0.15, 0.2) is 5.13 Å². The van der Waals surface area contributed by atoms with Gasteiger partial charge in [0.25, 0.3) is 0 Å². The summed E-state index contributed by atoms with van der Waals surface area (Å²) in [7, 11) is 1.58. The molecular formula is C45H59N7O8S. The Morgan fingerprint density at radius 3 is 2.59 bits per heavy atom. The minimum Gasteiger partial charge on any atom is -0.497 e. The van der Waals surface area contributed by atoms with E-state index < -0.39 is 47.5 Å². The van der Waals surface area contributed by atoms with E-state index in [2.05, 4.69) is 21.3 Å². The second-order valence-electron chi connectivity index (χ2n) is 17.7. The number of benzene rings is 1. The van der Waals surface area contributed by atoms with Crippen LogP contribution < -0.4 is 30.7 Å². The van der Waals surface area contributed by atoms with Crippen LogP contribution in [0.4, 0.5) is 9.93 Å². The quantitative estimate of drug-likeness (QED) is 0.125. The Kier molecular flexibility index (Phi) is 13.5. The minimum absolute atomic E-state index is 0.00694. The lowest BCUT2D eigenvalue weighted by atomic mass is 9.91. The van der Waals surface area contributed by atoms with Gasteiger partial charge in [0.2, 0.25) is 11.8 Å². The number of fused-ring (bicyclic) bond motifs is 3. The maximum atomic E-state index is 14.8. The molecular weight excluding hydrogens is 799 g/mol. The zero-order valence-electron chi connectivity index (χ0n) is 35.7. The van der Waals surface area contributed by atoms with Gasteiger partial charge >= 0.3 is 12.0 Å². The summed E-state index contributed by atoms with van der Waals surface area (Å²) >= 11 is 1.46. The molecule has 7 atom stereocenters. The number of aromatic nitrogens is 2. The van der Waals surface area contributed by atoms with Gasteiger partial charge in [-0.2, -0.15) is 0 Å². The fraction of sp³-hybridized carbons (Fsp3) is 0.578. The standard InChI is InChI=1S/C45H59N7O8S/c1-25(2)33(18-27-12-11-15-38(27)53)49-43(58)48-32-14-10-8-6-7-9-13-28-22-45(28,42(56)57)51-40(54)37-20-30(23-52(37)41(32)55)60-39-21-35(36-24-61-44(50-36)46-26(3)4)47-34-19-29(59-5)16-17-31(34)39/h9,13,16-17,19,21,24-28,30,32-33,37H,6-8,10-12,14-15,18,20,22-23H2,1-5H3,(H,46,50)(H,51,54)(H,56,57)(H2,48,49,58)/b13-9-/t27?,28?,30-,32+,33-,37+,45-/m1/s1. The molecule has 0 spiro atoms. The highest BCUT2D eigenvalue weighted by atomic mass is 32.1. The molecule has 0 radical (unpaired) electrons. The van der Waals surface area contributed by atoms with Gasteiger partial charge in [-0.1, -0.05) is 38.8 Å². The summed E-state index contributed by atoms with van der Waals surface area (Å²) in [6.45, 7) is 8.08. The summed E-state index contributed by atoms with van der Waals surface area (Å²) in [4.78, 5) is 79.3. The molecule has 3 aromatic rings. The van der Waals surface area contributed by atoms with Crippen LogP contribution in [0.5, 0.6) is 11.5 Å². The van der Waals surface area contributed by atoms with E-state index in [9.17, 15) is 29.1 Å². The number of pyridine rings is 1. The molecule has 7 rings (SSSR count). The third-order valence-corrected chi connectivity index (χ3v) is 13.2. The molecule has 2 unspecified atom stereocenters. The number of allylic oxidation sites excluding steroid dienone is 1. The number of rotatable bonds is 12. The fourth-order valence-corrected chi connectivity index (χ4v) is 9.72. The summed E-state index contributed by atoms with van der Waals surface area (Å²) in [6, 6.07) is 4.61. The number of hydrogen-bond acceptors (Lipinski definition) is 11. The van der Waals surface area contributed by atoms with E-state index >= 15 is 0 Å². The number of methoxy groups -OCH3 is 1. The molecule has 4 amide bonds. The molecule has 4 heterocycles. The van der Waals surface area contributed by atoms with Gasteiger partial charge in [-0.15, -0.1) is 11.3 Å². The third kappa shape index (κ3) is 10.1. The van der Waals surface area contributed by atoms with Crippen LogP contribution in [0.25, 0.3) is 22.3 Å². The number of ketones is 1. The van der Waals surface area contributed by atoms with Gasteiger partial charge < -0.3 is 40.7 Å². The van der Waals surface area contributed by atoms with Crippen molar-refractivity contribution in [3.8, 4) is 22.9 Å². The highest BCUT2D eigenvalue weighted by molar-refractivity contribution is 7.14. The Hall–Kier alpha value is -5.25. The number of urea groups is 1. The van der Waals surface area contributed by atoms with Crippen molar-refractivity contribution < 1.29 is 38.6 Å². The maximum absolute atomic E-state index is 14.8. The van der Waals surface area contributed by atoms with E-state index in [0.29, 0.717) is 59.5 Å². The van der Waals surface area contributed by atoms with Gasteiger partial charge in [-0.05, 0) is 76.8 Å². The van der Waals surface area contributed by atoms with Crippen LogP contribution in [-0.2, 0) is 19.2 Å². The van der Waals surface area contributed by atoms with Crippen LogP contribution in [0.3, 0.4) is 0 Å². The number of carboxylic acid groups (broad SMARTS) is 1. The Balaban J connectivity index is 1.18. The second kappa shape index (κ2) is 18.8. The normalized spacial score (nSPS) is 26.8. The van der Waals surface area contributed by atoms with Crippen molar-refractivity contribution in [3.05, 3.63) is 41.8 Å². The maximum Gasteiger partial charge on any atom is 0.330 e. The topological polar surface area (TPSA) is 201 Å². The first-order chi connectivity index (χ1) is 29.2. The molecule has 4 aliphatic rings. The molecule has 2 aliphatic heterocycles. The summed E-state index contributed by atoms with van der Waals surface area (Å²) in [5.41, 5.74) is 0.333. The van der Waals surface area contributed by atoms with E-state index in [1.54, 1.807) is 13.2 Å². The number of ether oxygens (including phenoxy) is 2. The van der Waals surface area contributed by atoms with Gasteiger partial charge in [-0.25, -0.2) is 19.6 Å². The van der Waals surface area contributed by atoms with Crippen molar-refractivity contribution in [1.29, 1.82) is 0 Å². The number of anilines is 1. The lowest BCUT2D eigenvalue weighted by Crippen LogP contribution is -2.57. The largest absolute Gasteiger partial charge is 0.497 e. The summed E-state index contributed by atoms with van der Waals surface area (Å²) < 4.78 is 12.3. The molecule has 1 saturated heterocycles. The molecule has 3 fully saturated rings. The van der Waals surface area contributed by atoms with Crippen LogP contribution in [0, 0.1) is 17.8 Å². The molecule has 16 heteroatoms. The Morgan fingerprint density at radius 2 is 1.87 bits per heavy atom. The van der Waals surface area contributed by atoms with E-state index in [1.165, 1.54) is 16.2 Å². The fourth-order valence-electron chi connectivity index (χ4n) is 8.87. The number of amides is 4. The van der Waals surface area contributed by atoms with Crippen molar-refractivity contribution in [2.75, 3.05) is 19.0 Å². The predicted molar refractivity (Wildman–Crippen MR) is 233 cm³/mol. The first kappa shape index (κ1) is 43.8. The number of Topliss-reactive ketones (excluding diaryl/α,β-unsaturated/α-hetero) is 1. The first-order valence-corrected chi connectivity index (χ1v) is 22.6. The smallest absolute Gasteiger partial charge is 0.330 e. The average Bonchev–Trinajstić information content (AvgIpc) is 3.55. The summed E-state index contributed by atoms with van der Waals surface area (Å²) in [5, 5.41) is 25.9. The van der Waals surface area contributed by atoms with Crippen molar-refractivity contribution in [1.82, 2.24) is 30.8 Å². The molecule has 0 bridgehead atoms. The van der Waals surface area contributed by atoms with Crippen LogP contribution >= 0.6 is 11.3 Å². The van der Waals surface area contributed by atoms with Gasteiger partial charge in [-0.3, -0.25) is 14.4 Å². The highest BCUT2D eigenvalue weighted by Crippen LogP contribution is 2.45. The molecule has 2 aromatic heterocycles. The number of thiazole rings is 1.